The number of nitrogen functional groups attached to an aromatic ring is 1. The molecule has 0 radical (unpaired) electrons. The van der Waals surface area contributed by atoms with Crippen molar-refractivity contribution in [2.45, 2.75) is 25.3 Å². The minimum Gasteiger partial charge on any atom is -0.383 e. The molecule has 0 saturated carbocycles. The Balaban J connectivity index is 2.03. The molecular weight excluding hydrogens is 340 g/mol. The number of primary amides is 1. The predicted octanol–water partition coefficient (Wildman–Crippen LogP) is 1.80. The Hall–Kier alpha value is -2.38. The number of carbonyl (C=O) groups excluding carboxylic acids is 1. The molecule has 1 fully saturated rings. The van der Waals surface area contributed by atoms with Gasteiger partial charge in [-0.25, -0.2) is 4.98 Å². The lowest BCUT2D eigenvalue weighted by Gasteiger charge is -2.36. The van der Waals surface area contributed by atoms with E-state index < -0.39 is 5.91 Å². The first-order valence-electron chi connectivity index (χ1n) is 8.04. The van der Waals surface area contributed by atoms with E-state index in [1.165, 1.54) is 0 Å². The van der Waals surface area contributed by atoms with E-state index in [1.807, 2.05) is 11.8 Å². The SMILES string of the molecule is CC1(N)CCN(c2nc(N)c(-c3cccc(Cl)c3)c(C(N)=O)n2)CC1. The largest absolute Gasteiger partial charge is 0.383 e. The van der Waals surface area contributed by atoms with Gasteiger partial charge in [0, 0.05) is 23.7 Å². The first kappa shape index (κ1) is 17.4. The molecule has 1 saturated heterocycles. The summed E-state index contributed by atoms with van der Waals surface area (Å²) in [6.07, 6.45) is 1.61. The van der Waals surface area contributed by atoms with Crippen molar-refractivity contribution in [3.8, 4) is 11.1 Å². The summed E-state index contributed by atoms with van der Waals surface area (Å²) in [5.41, 5.74) is 18.8. The molecule has 25 heavy (non-hydrogen) atoms. The molecule has 8 heteroatoms. The third kappa shape index (κ3) is 3.67. The molecule has 0 unspecified atom stereocenters. The van der Waals surface area contributed by atoms with Crippen LogP contribution >= 0.6 is 11.6 Å². The smallest absolute Gasteiger partial charge is 0.268 e. The van der Waals surface area contributed by atoms with Crippen molar-refractivity contribution in [3.05, 3.63) is 35.0 Å². The van der Waals surface area contributed by atoms with Crippen LogP contribution in [0.4, 0.5) is 11.8 Å². The summed E-state index contributed by atoms with van der Waals surface area (Å²) in [6.45, 7) is 3.42. The van der Waals surface area contributed by atoms with E-state index in [9.17, 15) is 4.79 Å². The van der Waals surface area contributed by atoms with Gasteiger partial charge in [0.05, 0.1) is 5.56 Å². The highest BCUT2D eigenvalue weighted by Gasteiger charge is 2.28. The maximum Gasteiger partial charge on any atom is 0.268 e. The molecule has 2 aromatic rings. The number of carbonyl (C=O) groups is 1. The lowest BCUT2D eigenvalue weighted by molar-refractivity contribution is 0.0996. The molecule has 1 amide bonds. The van der Waals surface area contributed by atoms with Crippen LogP contribution in [-0.2, 0) is 0 Å². The molecule has 0 atom stereocenters. The molecule has 3 rings (SSSR count). The predicted molar refractivity (Wildman–Crippen MR) is 99.4 cm³/mol. The van der Waals surface area contributed by atoms with Gasteiger partial charge in [0.2, 0.25) is 5.95 Å². The Kier molecular flexibility index (Phi) is 4.53. The molecule has 1 aromatic carbocycles. The second-order valence-electron chi connectivity index (χ2n) is 6.65. The molecule has 0 aliphatic carbocycles. The fraction of sp³-hybridized carbons (Fsp3) is 0.353. The fourth-order valence-corrected chi connectivity index (χ4v) is 3.12. The normalized spacial score (nSPS) is 16.7. The monoisotopic (exact) mass is 360 g/mol. The van der Waals surface area contributed by atoms with Crippen LogP contribution in [0.1, 0.15) is 30.3 Å². The lowest BCUT2D eigenvalue weighted by Crippen LogP contribution is -2.48. The maximum absolute atomic E-state index is 12.0. The Morgan fingerprint density at radius 1 is 1.28 bits per heavy atom. The number of piperidine rings is 1. The zero-order valence-electron chi connectivity index (χ0n) is 14.0. The minimum atomic E-state index is -0.661. The van der Waals surface area contributed by atoms with E-state index in [4.69, 9.17) is 28.8 Å². The standard InChI is InChI=1S/C17H21ClN6O/c1-17(21)5-7-24(8-6-17)16-22-13(15(20)25)12(14(19)23-16)10-3-2-4-11(18)9-10/h2-4,9H,5-8,21H2,1H3,(H2,20,25)(H2,19,22,23). The Morgan fingerprint density at radius 2 is 1.96 bits per heavy atom. The number of rotatable bonds is 3. The summed E-state index contributed by atoms with van der Waals surface area (Å²) in [5, 5.41) is 0.523. The zero-order valence-corrected chi connectivity index (χ0v) is 14.8. The molecular formula is C17H21ClN6O. The summed E-state index contributed by atoms with van der Waals surface area (Å²) >= 11 is 6.04. The van der Waals surface area contributed by atoms with Gasteiger partial charge in [0.15, 0.2) is 0 Å². The molecule has 7 nitrogen and oxygen atoms in total. The van der Waals surface area contributed by atoms with Gasteiger partial charge >= 0.3 is 0 Å². The first-order valence-corrected chi connectivity index (χ1v) is 8.42. The van der Waals surface area contributed by atoms with E-state index >= 15 is 0 Å². The van der Waals surface area contributed by atoms with Crippen molar-refractivity contribution in [1.82, 2.24) is 9.97 Å². The first-order chi connectivity index (χ1) is 11.8. The van der Waals surface area contributed by atoms with E-state index in [-0.39, 0.29) is 17.1 Å². The Morgan fingerprint density at radius 3 is 2.56 bits per heavy atom. The second-order valence-corrected chi connectivity index (χ2v) is 7.08. The van der Waals surface area contributed by atoms with E-state index in [2.05, 4.69) is 9.97 Å². The molecule has 2 heterocycles. The lowest BCUT2D eigenvalue weighted by atomic mass is 9.91. The van der Waals surface area contributed by atoms with E-state index in [1.54, 1.807) is 24.3 Å². The van der Waals surface area contributed by atoms with Gasteiger partial charge in [-0.15, -0.1) is 0 Å². The summed E-state index contributed by atoms with van der Waals surface area (Å²) in [5.74, 6) is -0.0688. The molecule has 0 bridgehead atoms. The number of hydrogen-bond donors (Lipinski definition) is 3. The topological polar surface area (TPSA) is 124 Å². The highest BCUT2D eigenvalue weighted by atomic mass is 35.5. The number of nitrogens with two attached hydrogens (primary N) is 3. The molecule has 0 spiro atoms. The molecule has 1 aliphatic heterocycles. The van der Waals surface area contributed by atoms with Gasteiger partial charge < -0.3 is 22.1 Å². The second kappa shape index (κ2) is 6.50. The van der Waals surface area contributed by atoms with Crippen LogP contribution in [-0.4, -0.2) is 34.5 Å². The number of amides is 1. The number of anilines is 2. The summed E-state index contributed by atoms with van der Waals surface area (Å²) in [4.78, 5) is 22.7. The number of nitrogens with zero attached hydrogens (tertiary/aromatic N) is 3. The van der Waals surface area contributed by atoms with Crippen LogP contribution in [0.2, 0.25) is 5.02 Å². The highest BCUT2D eigenvalue weighted by molar-refractivity contribution is 6.30. The number of aromatic nitrogens is 2. The fourth-order valence-electron chi connectivity index (χ4n) is 2.93. The Bertz CT molecular complexity index is 813. The van der Waals surface area contributed by atoms with Gasteiger partial charge in [-0.05, 0) is 37.5 Å². The van der Waals surface area contributed by atoms with Crippen LogP contribution in [0.25, 0.3) is 11.1 Å². The third-order valence-corrected chi connectivity index (χ3v) is 4.70. The Labute approximate surface area is 151 Å². The number of benzene rings is 1. The highest BCUT2D eigenvalue weighted by Crippen LogP contribution is 2.32. The average molecular weight is 361 g/mol. The van der Waals surface area contributed by atoms with Gasteiger partial charge in [-0.3, -0.25) is 4.79 Å². The van der Waals surface area contributed by atoms with Crippen molar-refractivity contribution in [2.24, 2.45) is 11.5 Å². The zero-order chi connectivity index (χ0) is 18.2. The summed E-state index contributed by atoms with van der Waals surface area (Å²) in [7, 11) is 0. The van der Waals surface area contributed by atoms with Crippen LogP contribution in [0, 0.1) is 0 Å². The van der Waals surface area contributed by atoms with Gasteiger partial charge in [-0.2, -0.15) is 4.98 Å². The maximum atomic E-state index is 12.0. The van der Waals surface area contributed by atoms with Gasteiger partial charge in [-0.1, -0.05) is 23.7 Å². The van der Waals surface area contributed by atoms with Gasteiger partial charge in [0.25, 0.3) is 5.91 Å². The minimum absolute atomic E-state index is 0.0888. The van der Waals surface area contributed by atoms with Crippen molar-refractivity contribution in [2.75, 3.05) is 23.7 Å². The van der Waals surface area contributed by atoms with Crippen molar-refractivity contribution < 1.29 is 4.79 Å². The van der Waals surface area contributed by atoms with Crippen molar-refractivity contribution in [1.29, 1.82) is 0 Å². The average Bonchev–Trinajstić information content (AvgIpc) is 2.54. The quantitative estimate of drug-likeness (QED) is 0.766. The van der Waals surface area contributed by atoms with Crippen LogP contribution in [0.5, 0.6) is 0 Å². The molecule has 6 N–H and O–H groups in total. The van der Waals surface area contributed by atoms with Crippen molar-refractivity contribution >= 4 is 29.3 Å². The van der Waals surface area contributed by atoms with Crippen LogP contribution < -0.4 is 22.1 Å². The molecule has 132 valence electrons. The van der Waals surface area contributed by atoms with E-state index in [0.717, 1.165) is 12.8 Å². The van der Waals surface area contributed by atoms with Crippen LogP contribution in [0.3, 0.4) is 0 Å². The summed E-state index contributed by atoms with van der Waals surface area (Å²) in [6, 6.07) is 6.98. The summed E-state index contributed by atoms with van der Waals surface area (Å²) < 4.78 is 0. The van der Waals surface area contributed by atoms with Gasteiger partial charge in [0.1, 0.15) is 11.5 Å². The molecule has 1 aliphatic rings. The third-order valence-electron chi connectivity index (χ3n) is 4.46. The van der Waals surface area contributed by atoms with E-state index in [0.29, 0.717) is 35.2 Å². The van der Waals surface area contributed by atoms with Crippen molar-refractivity contribution in [3.63, 3.8) is 0 Å². The number of halogens is 1. The number of hydrogen-bond acceptors (Lipinski definition) is 6. The molecule has 1 aromatic heterocycles. The van der Waals surface area contributed by atoms with Crippen LogP contribution in [0.15, 0.2) is 24.3 Å².